The predicted molar refractivity (Wildman–Crippen MR) is 87.1 cm³/mol. The summed E-state index contributed by atoms with van der Waals surface area (Å²) in [6, 6.07) is 1.71. The van der Waals surface area contributed by atoms with Gasteiger partial charge < -0.3 is 9.47 Å². The normalized spacial score (nSPS) is 11.8. The molecular weight excluding hydrogens is 412 g/mol. The molecule has 0 radical (unpaired) electrons. The zero-order chi connectivity index (χ0) is 21.8. The van der Waals surface area contributed by atoms with E-state index in [1.807, 2.05) is 6.92 Å². The zero-order valence-corrected chi connectivity index (χ0v) is 15.1. The molecule has 2 rings (SSSR count). The first kappa shape index (κ1) is 22.8. The van der Waals surface area contributed by atoms with Crippen LogP contribution in [-0.4, -0.2) is 6.61 Å². The molecule has 2 aromatic rings. The molecule has 0 amide bonds. The van der Waals surface area contributed by atoms with Crippen LogP contribution in [0.15, 0.2) is 24.3 Å². The molecule has 0 aromatic heterocycles. The number of hydrogen-bond donors (Lipinski definition) is 0. The van der Waals surface area contributed by atoms with Gasteiger partial charge in [-0.3, -0.25) is 0 Å². The van der Waals surface area contributed by atoms with E-state index in [1.54, 1.807) is 0 Å². The highest BCUT2D eigenvalue weighted by Crippen LogP contribution is 2.37. The smallest absolute Gasteiger partial charge is 0.429 e. The quantitative estimate of drug-likeness (QED) is 0.327. The van der Waals surface area contributed by atoms with Crippen LogP contribution in [0.25, 0.3) is 0 Å². The van der Waals surface area contributed by atoms with Crippen molar-refractivity contribution in [3.05, 3.63) is 58.7 Å². The van der Waals surface area contributed by atoms with Crippen LogP contribution in [0, 0.1) is 23.3 Å². The van der Waals surface area contributed by atoms with Crippen molar-refractivity contribution >= 4 is 0 Å². The predicted octanol–water partition coefficient (Wildman–Crippen LogP) is 6.71. The molecule has 0 atom stereocenters. The van der Waals surface area contributed by atoms with Gasteiger partial charge in [0.2, 0.25) is 0 Å². The topological polar surface area (TPSA) is 18.5 Å². The first-order valence-electron chi connectivity index (χ1n) is 8.54. The molecule has 0 spiro atoms. The maximum Gasteiger partial charge on any atom is 0.432 e. The van der Waals surface area contributed by atoms with E-state index in [2.05, 4.69) is 9.47 Å². The summed E-state index contributed by atoms with van der Waals surface area (Å²) in [6.45, 7) is -1.65. The molecule has 2 nitrogen and oxygen atoms in total. The maximum atomic E-state index is 14.3. The van der Waals surface area contributed by atoms with E-state index in [-0.39, 0.29) is 24.1 Å². The van der Waals surface area contributed by atoms with Crippen molar-refractivity contribution in [3.8, 4) is 11.5 Å². The van der Waals surface area contributed by atoms with Gasteiger partial charge in [0.15, 0.2) is 17.4 Å². The molecule has 0 heterocycles. The summed E-state index contributed by atoms with van der Waals surface area (Å²) in [5.41, 5.74) is -1.58. The number of alkyl halides is 4. The maximum absolute atomic E-state index is 14.3. The third-order valence-electron chi connectivity index (χ3n) is 3.89. The van der Waals surface area contributed by atoms with Crippen LogP contribution in [0.2, 0.25) is 0 Å². The van der Waals surface area contributed by atoms with Crippen LogP contribution in [0.5, 0.6) is 11.5 Å². The third-order valence-corrected chi connectivity index (χ3v) is 3.89. The van der Waals surface area contributed by atoms with Crippen LogP contribution in [-0.2, 0) is 12.5 Å². The lowest BCUT2D eigenvalue weighted by molar-refractivity contribution is -0.189. The molecule has 0 N–H and O–H groups in total. The Bertz CT molecular complexity index is 808. The van der Waals surface area contributed by atoms with Crippen molar-refractivity contribution in [3.63, 3.8) is 0 Å². The lowest BCUT2D eigenvalue weighted by Gasteiger charge is -2.20. The van der Waals surface area contributed by atoms with Gasteiger partial charge >= 0.3 is 12.7 Å². The SMILES string of the molecule is CCCCCc1cc(F)c(C(F)(F)Oc2cc(F)c(OC(F)F)c(F)c2)c(F)c1. The monoisotopic (exact) mass is 428 g/mol. The van der Waals surface area contributed by atoms with Gasteiger partial charge in [0, 0.05) is 12.1 Å². The molecule has 0 unspecified atom stereocenters. The van der Waals surface area contributed by atoms with E-state index >= 15 is 0 Å². The fraction of sp³-hybridized carbons (Fsp3) is 0.368. The second-order valence-corrected chi connectivity index (χ2v) is 6.10. The van der Waals surface area contributed by atoms with E-state index in [4.69, 9.17) is 0 Å². The van der Waals surface area contributed by atoms with Crippen molar-refractivity contribution in [2.75, 3.05) is 0 Å². The highest BCUT2D eigenvalue weighted by molar-refractivity contribution is 5.36. The highest BCUT2D eigenvalue weighted by Gasteiger charge is 2.41. The van der Waals surface area contributed by atoms with Gasteiger partial charge in [0.1, 0.15) is 22.9 Å². The zero-order valence-electron chi connectivity index (χ0n) is 15.1. The number of ether oxygens (including phenoxy) is 2. The lowest BCUT2D eigenvalue weighted by Crippen LogP contribution is -2.25. The number of halogens is 8. The average molecular weight is 428 g/mol. The Balaban J connectivity index is 2.29. The largest absolute Gasteiger partial charge is 0.432 e. The van der Waals surface area contributed by atoms with Crippen LogP contribution in [0.3, 0.4) is 0 Å². The van der Waals surface area contributed by atoms with Crippen molar-refractivity contribution in [1.29, 1.82) is 0 Å². The molecular formula is C19H16F8O2. The molecule has 10 heteroatoms. The van der Waals surface area contributed by atoms with Gasteiger partial charge in [-0.2, -0.15) is 17.6 Å². The van der Waals surface area contributed by atoms with Crippen LogP contribution in [0.1, 0.15) is 37.3 Å². The fourth-order valence-electron chi connectivity index (χ4n) is 2.62. The number of aryl methyl sites for hydroxylation is 1. The number of rotatable bonds is 9. The summed E-state index contributed by atoms with van der Waals surface area (Å²) in [5.74, 6) is -9.41. The van der Waals surface area contributed by atoms with Gasteiger partial charge in [-0.15, -0.1) is 0 Å². The van der Waals surface area contributed by atoms with Crippen LogP contribution >= 0.6 is 0 Å². The molecule has 2 aromatic carbocycles. The van der Waals surface area contributed by atoms with Crippen molar-refractivity contribution in [1.82, 2.24) is 0 Å². The molecule has 0 bridgehead atoms. The van der Waals surface area contributed by atoms with Crippen LogP contribution in [0.4, 0.5) is 35.1 Å². The summed E-state index contributed by atoms with van der Waals surface area (Å²) < 4.78 is 116. The minimum Gasteiger partial charge on any atom is -0.429 e. The number of benzene rings is 2. The van der Waals surface area contributed by atoms with Gasteiger partial charge in [-0.05, 0) is 30.5 Å². The highest BCUT2D eigenvalue weighted by atomic mass is 19.3. The van der Waals surface area contributed by atoms with E-state index in [1.165, 1.54) is 0 Å². The van der Waals surface area contributed by atoms with Gasteiger partial charge in [0.05, 0.1) is 0 Å². The lowest BCUT2D eigenvalue weighted by atomic mass is 10.0. The first-order chi connectivity index (χ1) is 13.5. The molecule has 0 saturated heterocycles. The molecule has 0 fully saturated rings. The Morgan fingerprint density at radius 1 is 0.862 bits per heavy atom. The summed E-state index contributed by atoms with van der Waals surface area (Å²) in [4.78, 5) is 0. The Morgan fingerprint density at radius 2 is 1.41 bits per heavy atom. The molecule has 0 saturated carbocycles. The molecule has 0 aliphatic rings. The van der Waals surface area contributed by atoms with Crippen molar-refractivity contribution < 1.29 is 44.6 Å². The van der Waals surface area contributed by atoms with E-state index in [0.29, 0.717) is 6.42 Å². The van der Waals surface area contributed by atoms with Crippen molar-refractivity contribution in [2.24, 2.45) is 0 Å². The summed E-state index contributed by atoms with van der Waals surface area (Å²) >= 11 is 0. The molecule has 160 valence electrons. The first-order valence-corrected chi connectivity index (χ1v) is 8.54. The van der Waals surface area contributed by atoms with E-state index < -0.39 is 53.1 Å². The average Bonchev–Trinajstić information content (AvgIpc) is 2.57. The third kappa shape index (κ3) is 5.74. The standard InChI is InChI=1S/C19H16F8O2/c1-2-3-4-5-10-6-12(20)16(13(21)7-10)19(26,27)29-11-8-14(22)17(15(23)9-11)28-18(24)25/h6-9,18H,2-5H2,1H3. The molecule has 29 heavy (non-hydrogen) atoms. The molecule has 0 aliphatic heterocycles. The minimum absolute atomic E-state index is 0.129. The van der Waals surface area contributed by atoms with E-state index in [0.717, 1.165) is 25.0 Å². The van der Waals surface area contributed by atoms with Gasteiger partial charge in [0.25, 0.3) is 0 Å². The Hall–Kier alpha value is -2.52. The van der Waals surface area contributed by atoms with Gasteiger partial charge in [-0.1, -0.05) is 19.8 Å². The fourth-order valence-corrected chi connectivity index (χ4v) is 2.62. The summed E-state index contributed by atoms with van der Waals surface area (Å²) in [7, 11) is 0. The number of unbranched alkanes of at least 4 members (excludes halogenated alkanes) is 2. The Labute approximate surface area is 161 Å². The summed E-state index contributed by atoms with van der Waals surface area (Å²) in [5, 5.41) is 0. The van der Waals surface area contributed by atoms with E-state index in [9.17, 15) is 35.1 Å². The Morgan fingerprint density at radius 3 is 1.90 bits per heavy atom. The molecule has 0 aliphatic carbocycles. The van der Waals surface area contributed by atoms with Crippen molar-refractivity contribution in [2.45, 2.75) is 45.3 Å². The Kier molecular flexibility index (Phi) is 7.32. The van der Waals surface area contributed by atoms with Crippen LogP contribution < -0.4 is 9.47 Å². The number of hydrogen-bond acceptors (Lipinski definition) is 2. The second kappa shape index (κ2) is 9.32. The van der Waals surface area contributed by atoms with Gasteiger partial charge in [-0.25, -0.2) is 17.6 Å². The second-order valence-electron chi connectivity index (χ2n) is 6.10. The summed E-state index contributed by atoms with van der Waals surface area (Å²) in [6.07, 6.45) is -2.13. The minimum atomic E-state index is -4.64.